The third-order valence-electron chi connectivity index (χ3n) is 4.04. The van der Waals surface area contributed by atoms with Crippen LogP contribution in [0.25, 0.3) is 0 Å². The molecule has 0 aliphatic carbocycles. The number of nitrogens with zero attached hydrogens (tertiary/aromatic N) is 3. The highest BCUT2D eigenvalue weighted by atomic mass is 32.1. The molecule has 0 saturated carbocycles. The van der Waals surface area contributed by atoms with Crippen LogP contribution >= 0.6 is 11.3 Å². The van der Waals surface area contributed by atoms with Crippen molar-refractivity contribution < 1.29 is 0 Å². The number of hydrogen-bond donors (Lipinski definition) is 1. The van der Waals surface area contributed by atoms with Crippen LogP contribution in [0.5, 0.6) is 0 Å². The van der Waals surface area contributed by atoms with Gasteiger partial charge in [0, 0.05) is 49.8 Å². The Labute approximate surface area is 113 Å². The molecule has 100 valence electrons. The van der Waals surface area contributed by atoms with Crippen molar-refractivity contribution in [2.24, 2.45) is 0 Å². The van der Waals surface area contributed by atoms with Gasteiger partial charge in [0.25, 0.3) is 0 Å². The van der Waals surface area contributed by atoms with E-state index in [4.69, 9.17) is 0 Å². The predicted molar refractivity (Wildman–Crippen MR) is 75.0 cm³/mol. The Kier molecular flexibility index (Phi) is 3.66. The van der Waals surface area contributed by atoms with Gasteiger partial charge >= 0.3 is 0 Å². The van der Waals surface area contributed by atoms with E-state index in [2.05, 4.69) is 40.1 Å². The number of fused-ring (bicyclic) bond motifs is 3. The fraction of sp³-hybridized carbons (Fsp3) is 0.769. The van der Waals surface area contributed by atoms with Crippen LogP contribution in [-0.2, 0) is 0 Å². The molecular formula is C13H22N4S. The number of piperazine rings is 3. The zero-order chi connectivity index (χ0) is 12.5. The highest BCUT2D eigenvalue weighted by molar-refractivity contribution is 7.11. The van der Waals surface area contributed by atoms with Crippen LogP contribution in [0.3, 0.4) is 0 Å². The highest BCUT2D eigenvalue weighted by Crippen LogP contribution is 2.32. The lowest BCUT2D eigenvalue weighted by Gasteiger charge is -2.46. The first-order valence-electron chi connectivity index (χ1n) is 6.93. The van der Waals surface area contributed by atoms with E-state index in [1.54, 1.807) is 0 Å². The molecule has 4 heterocycles. The molecule has 2 bridgehead atoms. The molecule has 5 heteroatoms. The first-order valence-corrected chi connectivity index (χ1v) is 7.75. The number of nitrogens with one attached hydrogen (secondary N) is 1. The van der Waals surface area contributed by atoms with E-state index in [0.717, 1.165) is 6.54 Å². The summed E-state index contributed by atoms with van der Waals surface area (Å²) in [6.45, 7) is 11.4. The molecule has 3 aliphatic heterocycles. The van der Waals surface area contributed by atoms with Crippen molar-refractivity contribution in [2.45, 2.75) is 25.9 Å². The topological polar surface area (TPSA) is 31.4 Å². The average molecular weight is 266 g/mol. The van der Waals surface area contributed by atoms with Gasteiger partial charge in [-0.15, -0.1) is 11.3 Å². The van der Waals surface area contributed by atoms with Gasteiger partial charge in [-0.25, -0.2) is 4.98 Å². The fourth-order valence-electron chi connectivity index (χ4n) is 2.91. The van der Waals surface area contributed by atoms with Crippen molar-refractivity contribution >= 4 is 11.3 Å². The second-order valence-electron chi connectivity index (χ2n) is 5.23. The van der Waals surface area contributed by atoms with Crippen LogP contribution in [0.1, 0.15) is 35.8 Å². The molecule has 1 N–H and O–H groups in total. The summed E-state index contributed by atoms with van der Waals surface area (Å²) in [6, 6.07) is 0.970. The van der Waals surface area contributed by atoms with Crippen LogP contribution in [0.4, 0.5) is 0 Å². The fourth-order valence-corrected chi connectivity index (χ4v) is 3.99. The van der Waals surface area contributed by atoms with Crippen LogP contribution in [0.15, 0.2) is 6.20 Å². The van der Waals surface area contributed by atoms with Crippen molar-refractivity contribution in [2.75, 3.05) is 39.3 Å². The van der Waals surface area contributed by atoms with Crippen molar-refractivity contribution in [3.8, 4) is 0 Å². The van der Waals surface area contributed by atoms with E-state index in [1.165, 1.54) is 42.6 Å². The van der Waals surface area contributed by atoms with E-state index >= 15 is 0 Å². The first kappa shape index (κ1) is 12.5. The monoisotopic (exact) mass is 266 g/mol. The molecule has 0 amide bonds. The van der Waals surface area contributed by atoms with Crippen LogP contribution in [-0.4, -0.2) is 54.1 Å². The Hall–Kier alpha value is -0.490. The Balaban J connectivity index is 1.73. The zero-order valence-electron chi connectivity index (χ0n) is 11.2. The third kappa shape index (κ3) is 2.32. The van der Waals surface area contributed by atoms with E-state index in [9.17, 15) is 0 Å². The molecule has 0 spiro atoms. The van der Waals surface area contributed by atoms with Crippen LogP contribution in [0.2, 0.25) is 0 Å². The highest BCUT2D eigenvalue weighted by Gasteiger charge is 2.34. The Morgan fingerprint density at radius 1 is 1.44 bits per heavy atom. The molecule has 1 aromatic heterocycles. The molecule has 4 rings (SSSR count). The third-order valence-corrected chi connectivity index (χ3v) is 5.32. The van der Waals surface area contributed by atoms with Crippen molar-refractivity contribution in [3.05, 3.63) is 16.1 Å². The second-order valence-corrected chi connectivity index (χ2v) is 6.33. The summed E-state index contributed by atoms with van der Waals surface area (Å²) in [5.41, 5.74) is 0. The van der Waals surface area contributed by atoms with Gasteiger partial charge in [-0.3, -0.25) is 9.80 Å². The van der Waals surface area contributed by atoms with Gasteiger partial charge in [-0.05, 0) is 13.5 Å². The molecule has 3 aliphatic rings. The van der Waals surface area contributed by atoms with Gasteiger partial charge in [0.1, 0.15) is 5.01 Å². The summed E-state index contributed by atoms with van der Waals surface area (Å²) in [6.07, 6.45) is 2.06. The normalized spacial score (nSPS) is 32.7. The zero-order valence-corrected chi connectivity index (χ0v) is 12.0. The number of rotatable bonds is 4. The quantitative estimate of drug-likeness (QED) is 0.894. The summed E-state index contributed by atoms with van der Waals surface area (Å²) in [5.74, 6) is 0. The molecule has 0 aromatic carbocycles. The second kappa shape index (κ2) is 5.25. The smallest absolute Gasteiger partial charge is 0.111 e. The van der Waals surface area contributed by atoms with Gasteiger partial charge in [-0.1, -0.05) is 6.92 Å². The predicted octanol–water partition coefficient (Wildman–Crippen LogP) is 1.49. The standard InChI is InChI=1S/C13H22N4S/c1-3-14-10(2)12-8-15-13(18-12)11-9-16-4-6-17(11)7-5-16/h8,10-11,14H,3-7,9H2,1-2H3. The lowest BCUT2D eigenvalue weighted by Crippen LogP contribution is -2.56. The Bertz CT molecular complexity index is 397. The molecule has 1 aromatic rings. The lowest BCUT2D eigenvalue weighted by atomic mass is 10.1. The first-order chi connectivity index (χ1) is 8.78. The lowest BCUT2D eigenvalue weighted by molar-refractivity contribution is 0.0122. The van der Waals surface area contributed by atoms with Gasteiger partial charge in [0.05, 0.1) is 6.04 Å². The summed E-state index contributed by atoms with van der Waals surface area (Å²) in [7, 11) is 0. The minimum atomic E-state index is 0.428. The van der Waals surface area contributed by atoms with Crippen molar-refractivity contribution in [1.29, 1.82) is 0 Å². The van der Waals surface area contributed by atoms with Gasteiger partial charge in [0.15, 0.2) is 0 Å². The largest absolute Gasteiger partial charge is 0.310 e. The summed E-state index contributed by atoms with van der Waals surface area (Å²) < 4.78 is 0. The van der Waals surface area contributed by atoms with Crippen molar-refractivity contribution in [3.63, 3.8) is 0 Å². The van der Waals surface area contributed by atoms with E-state index in [0.29, 0.717) is 12.1 Å². The maximum Gasteiger partial charge on any atom is 0.111 e. The van der Waals surface area contributed by atoms with Crippen LogP contribution in [0, 0.1) is 0 Å². The van der Waals surface area contributed by atoms with Crippen LogP contribution < -0.4 is 5.32 Å². The maximum atomic E-state index is 4.67. The Morgan fingerprint density at radius 3 is 2.83 bits per heavy atom. The maximum absolute atomic E-state index is 4.67. The van der Waals surface area contributed by atoms with E-state index in [-0.39, 0.29) is 0 Å². The number of aromatic nitrogens is 1. The van der Waals surface area contributed by atoms with E-state index in [1.807, 2.05) is 11.3 Å². The SMILES string of the molecule is CCNC(C)c1cnc(C2CN3CCN2CC3)s1. The average Bonchev–Trinajstić information content (AvgIpc) is 2.90. The van der Waals surface area contributed by atoms with Gasteiger partial charge < -0.3 is 5.32 Å². The molecule has 4 nitrogen and oxygen atoms in total. The molecule has 2 atom stereocenters. The molecular weight excluding hydrogens is 244 g/mol. The van der Waals surface area contributed by atoms with Crippen molar-refractivity contribution in [1.82, 2.24) is 20.1 Å². The summed E-state index contributed by atoms with van der Waals surface area (Å²) >= 11 is 1.89. The summed E-state index contributed by atoms with van der Waals surface area (Å²) in [4.78, 5) is 11.2. The molecule has 3 saturated heterocycles. The molecule has 18 heavy (non-hydrogen) atoms. The minimum Gasteiger partial charge on any atom is -0.310 e. The van der Waals surface area contributed by atoms with Gasteiger partial charge in [0.2, 0.25) is 0 Å². The molecule has 3 fully saturated rings. The Morgan fingerprint density at radius 2 is 2.22 bits per heavy atom. The number of thiazole rings is 1. The summed E-state index contributed by atoms with van der Waals surface area (Å²) in [5, 5.41) is 4.76. The van der Waals surface area contributed by atoms with Gasteiger partial charge in [-0.2, -0.15) is 0 Å². The number of hydrogen-bond acceptors (Lipinski definition) is 5. The molecule has 0 radical (unpaired) electrons. The van der Waals surface area contributed by atoms with E-state index < -0.39 is 0 Å². The minimum absolute atomic E-state index is 0.428. The molecule has 2 unspecified atom stereocenters.